The third-order valence-corrected chi connectivity index (χ3v) is 4.95. The Morgan fingerprint density at radius 2 is 2.33 bits per heavy atom. The molecule has 0 saturated carbocycles. The van der Waals surface area contributed by atoms with E-state index in [4.69, 9.17) is 0 Å². The molecular weight excluding hydrogens is 270 g/mol. The minimum atomic E-state index is -1.05. The van der Waals surface area contributed by atoms with Gasteiger partial charge in [0.2, 0.25) is 5.91 Å². The molecule has 1 fully saturated rings. The van der Waals surface area contributed by atoms with Gasteiger partial charge < -0.3 is 10.4 Å². The highest BCUT2D eigenvalue weighted by Crippen LogP contribution is 2.28. The maximum atomic E-state index is 11.8. The van der Waals surface area contributed by atoms with E-state index in [-0.39, 0.29) is 5.91 Å². The number of nitrogens with one attached hydrogen (secondary N) is 1. The monoisotopic (exact) mass is 285 g/mol. The van der Waals surface area contributed by atoms with Crippen molar-refractivity contribution in [2.45, 2.75) is 24.8 Å². The second-order valence-electron chi connectivity index (χ2n) is 4.37. The average Bonchev–Trinajstić information content (AvgIpc) is 2.97. The van der Waals surface area contributed by atoms with Gasteiger partial charge >= 0.3 is 5.97 Å². The number of amides is 1. The van der Waals surface area contributed by atoms with Crippen molar-refractivity contribution in [3.8, 4) is 0 Å². The van der Waals surface area contributed by atoms with Crippen molar-refractivity contribution in [1.82, 2.24) is 5.32 Å². The highest BCUT2D eigenvalue weighted by atomic mass is 32.2. The van der Waals surface area contributed by atoms with Gasteiger partial charge in [0, 0.05) is 12.2 Å². The topological polar surface area (TPSA) is 66.4 Å². The first kappa shape index (κ1) is 13.4. The van der Waals surface area contributed by atoms with E-state index in [0.717, 1.165) is 11.3 Å². The highest BCUT2D eigenvalue weighted by molar-refractivity contribution is 7.99. The molecule has 1 unspecified atom stereocenters. The Morgan fingerprint density at radius 1 is 1.50 bits per heavy atom. The Kier molecular flexibility index (Phi) is 4.29. The quantitative estimate of drug-likeness (QED) is 0.865. The number of carboxylic acids is 1. The molecule has 0 spiro atoms. The molecule has 1 amide bonds. The van der Waals surface area contributed by atoms with Crippen LogP contribution in [0.4, 0.5) is 0 Å². The van der Waals surface area contributed by atoms with Gasteiger partial charge in [0.15, 0.2) is 0 Å². The first-order valence-electron chi connectivity index (χ1n) is 5.76. The van der Waals surface area contributed by atoms with Gasteiger partial charge in [-0.25, -0.2) is 4.79 Å². The molecule has 2 heterocycles. The predicted octanol–water partition coefficient (Wildman–Crippen LogP) is 1.76. The van der Waals surface area contributed by atoms with Crippen molar-refractivity contribution < 1.29 is 14.7 Å². The van der Waals surface area contributed by atoms with Gasteiger partial charge in [-0.2, -0.15) is 23.1 Å². The largest absolute Gasteiger partial charge is 0.479 e. The lowest BCUT2D eigenvalue weighted by atomic mass is 9.98. The predicted molar refractivity (Wildman–Crippen MR) is 73.1 cm³/mol. The van der Waals surface area contributed by atoms with E-state index < -0.39 is 11.5 Å². The zero-order valence-corrected chi connectivity index (χ0v) is 11.5. The van der Waals surface area contributed by atoms with E-state index in [2.05, 4.69) is 5.32 Å². The standard InChI is InChI=1S/C12H15NO3S2/c14-10(2-1-9-3-5-17-7-9)13-12(11(15)16)4-6-18-8-12/h3,5,7H,1-2,4,6,8H2,(H,13,14)(H,15,16). The summed E-state index contributed by atoms with van der Waals surface area (Å²) in [7, 11) is 0. The third kappa shape index (κ3) is 3.05. The number of rotatable bonds is 5. The van der Waals surface area contributed by atoms with Gasteiger partial charge in [-0.1, -0.05) is 0 Å². The van der Waals surface area contributed by atoms with Crippen LogP contribution in [0.3, 0.4) is 0 Å². The van der Waals surface area contributed by atoms with Gasteiger partial charge in [-0.15, -0.1) is 0 Å². The molecule has 1 atom stereocenters. The number of carboxylic acid groups (broad SMARTS) is 1. The summed E-state index contributed by atoms with van der Waals surface area (Å²) in [5, 5.41) is 15.9. The smallest absolute Gasteiger partial charge is 0.330 e. The van der Waals surface area contributed by atoms with Gasteiger partial charge in [-0.05, 0) is 41.0 Å². The number of hydrogen-bond acceptors (Lipinski definition) is 4. The zero-order valence-electron chi connectivity index (χ0n) is 9.85. The van der Waals surface area contributed by atoms with E-state index in [1.807, 2.05) is 16.8 Å². The molecular formula is C12H15NO3S2. The lowest BCUT2D eigenvalue weighted by molar-refractivity contribution is -0.146. The van der Waals surface area contributed by atoms with Crippen LogP contribution < -0.4 is 5.32 Å². The number of carbonyl (C=O) groups is 2. The van der Waals surface area contributed by atoms with Crippen LogP contribution in [0.1, 0.15) is 18.4 Å². The van der Waals surface area contributed by atoms with Crippen LogP contribution >= 0.6 is 23.1 Å². The normalized spacial score (nSPS) is 22.9. The second kappa shape index (κ2) is 5.75. The van der Waals surface area contributed by atoms with Crippen LogP contribution in [0, 0.1) is 0 Å². The maximum Gasteiger partial charge on any atom is 0.330 e. The number of thiophene rings is 1. The molecule has 2 rings (SSSR count). The molecule has 1 saturated heterocycles. The molecule has 0 bridgehead atoms. The van der Waals surface area contributed by atoms with Crippen molar-refractivity contribution in [2.75, 3.05) is 11.5 Å². The molecule has 98 valence electrons. The first-order valence-corrected chi connectivity index (χ1v) is 7.85. The van der Waals surface area contributed by atoms with Gasteiger partial charge in [-0.3, -0.25) is 4.79 Å². The fraction of sp³-hybridized carbons (Fsp3) is 0.500. The van der Waals surface area contributed by atoms with E-state index in [1.54, 1.807) is 23.1 Å². The summed E-state index contributed by atoms with van der Waals surface area (Å²) in [6.45, 7) is 0. The second-order valence-corrected chi connectivity index (χ2v) is 6.25. The fourth-order valence-corrected chi connectivity index (χ4v) is 3.94. The van der Waals surface area contributed by atoms with Crippen molar-refractivity contribution >= 4 is 35.0 Å². The molecule has 0 aliphatic carbocycles. The summed E-state index contributed by atoms with van der Waals surface area (Å²) in [5.74, 6) is 0.159. The molecule has 4 nitrogen and oxygen atoms in total. The summed E-state index contributed by atoms with van der Waals surface area (Å²) in [6.07, 6.45) is 1.52. The lowest BCUT2D eigenvalue weighted by Crippen LogP contribution is -2.54. The van der Waals surface area contributed by atoms with Gasteiger partial charge in [0.25, 0.3) is 0 Å². The van der Waals surface area contributed by atoms with Crippen molar-refractivity contribution in [3.05, 3.63) is 22.4 Å². The average molecular weight is 285 g/mol. The summed E-state index contributed by atoms with van der Waals surface area (Å²) < 4.78 is 0. The minimum absolute atomic E-state index is 0.175. The molecule has 1 aliphatic heterocycles. The summed E-state index contributed by atoms with van der Waals surface area (Å²) in [6, 6.07) is 1.98. The number of aliphatic carboxylic acids is 1. The van der Waals surface area contributed by atoms with Crippen LogP contribution in [0.25, 0.3) is 0 Å². The molecule has 18 heavy (non-hydrogen) atoms. The number of hydrogen-bond donors (Lipinski definition) is 2. The molecule has 2 N–H and O–H groups in total. The van der Waals surface area contributed by atoms with E-state index in [9.17, 15) is 14.7 Å². The first-order chi connectivity index (χ1) is 8.62. The minimum Gasteiger partial charge on any atom is -0.479 e. The van der Waals surface area contributed by atoms with E-state index >= 15 is 0 Å². The molecule has 1 aliphatic rings. The summed E-state index contributed by atoms with van der Waals surface area (Å²) in [4.78, 5) is 23.1. The van der Waals surface area contributed by atoms with Crippen molar-refractivity contribution in [1.29, 1.82) is 0 Å². The van der Waals surface area contributed by atoms with Crippen molar-refractivity contribution in [2.24, 2.45) is 0 Å². The molecule has 0 radical (unpaired) electrons. The Morgan fingerprint density at radius 3 is 2.89 bits per heavy atom. The Balaban J connectivity index is 1.88. The Labute approximate surface area is 114 Å². The fourth-order valence-electron chi connectivity index (χ4n) is 1.91. The van der Waals surface area contributed by atoms with Crippen LogP contribution in [0.2, 0.25) is 0 Å². The highest BCUT2D eigenvalue weighted by Gasteiger charge is 2.43. The van der Waals surface area contributed by atoms with Gasteiger partial charge in [0.1, 0.15) is 5.54 Å². The molecule has 1 aromatic rings. The lowest BCUT2D eigenvalue weighted by Gasteiger charge is -2.24. The molecule has 6 heteroatoms. The Hall–Kier alpha value is -1.01. The summed E-state index contributed by atoms with van der Waals surface area (Å²) in [5.41, 5.74) is 0.0801. The van der Waals surface area contributed by atoms with Crippen LogP contribution in [-0.4, -0.2) is 34.0 Å². The Bertz CT molecular complexity index is 425. The zero-order chi connectivity index (χ0) is 13.0. The van der Waals surface area contributed by atoms with Crippen molar-refractivity contribution in [3.63, 3.8) is 0 Å². The van der Waals surface area contributed by atoms with Crippen LogP contribution in [0.5, 0.6) is 0 Å². The van der Waals surface area contributed by atoms with Crippen LogP contribution in [-0.2, 0) is 16.0 Å². The number of thioether (sulfide) groups is 1. The van der Waals surface area contributed by atoms with E-state index in [0.29, 0.717) is 25.0 Å². The molecule has 1 aromatic heterocycles. The molecule has 0 aromatic carbocycles. The maximum absolute atomic E-state index is 11.8. The summed E-state index contributed by atoms with van der Waals surface area (Å²) >= 11 is 3.17. The number of carbonyl (C=O) groups excluding carboxylic acids is 1. The van der Waals surface area contributed by atoms with Crippen LogP contribution in [0.15, 0.2) is 16.8 Å². The van der Waals surface area contributed by atoms with Gasteiger partial charge in [0.05, 0.1) is 0 Å². The third-order valence-electron chi connectivity index (χ3n) is 3.03. The van der Waals surface area contributed by atoms with E-state index in [1.165, 1.54) is 0 Å². The SMILES string of the molecule is O=C(CCc1ccsc1)NC1(C(=O)O)CCSC1. The number of aryl methyl sites for hydroxylation is 1.